The first-order valence-electron chi connectivity index (χ1n) is 9.66. The second-order valence-corrected chi connectivity index (χ2v) is 7.78. The van der Waals surface area contributed by atoms with Crippen LogP contribution >= 0.6 is 0 Å². The lowest BCUT2D eigenvalue weighted by Crippen LogP contribution is -2.10. The molecule has 1 aromatic rings. The van der Waals surface area contributed by atoms with Gasteiger partial charge in [0.2, 0.25) is 0 Å². The fourth-order valence-corrected chi connectivity index (χ4v) is 3.38. The first-order chi connectivity index (χ1) is 12.8. The van der Waals surface area contributed by atoms with Crippen LogP contribution in [0.25, 0.3) is 5.57 Å². The van der Waals surface area contributed by atoms with Crippen LogP contribution < -0.4 is 0 Å². The van der Waals surface area contributed by atoms with Gasteiger partial charge >= 0.3 is 0 Å². The van der Waals surface area contributed by atoms with Crippen molar-refractivity contribution in [2.24, 2.45) is 5.92 Å². The molecule has 0 nitrogen and oxygen atoms in total. The lowest BCUT2D eigenvalue weighted by atomic mass is 9.79. The number of hydrogen-bond donors (Lipinski definition) is 0. The van der Waals surface area contributed by atoms with Gasteiger partial charge in [0.1, 0.15) is 5.83 Å². The monoisotopic (exact) mass is 362 g/mol. The molecule has 142 valence electrons. The lowest BCUT2D eigenvalue weighted by Gasteiger charge is -2.26. The van der Waals surface area contributed by atoms with E-state index in [1.54, 1.807) is 12.2 Å². The third kappa shape index (κ3) is 6.06. The van der Waals surface area contributed by atoms with E-state index in [1.807, 2.05) is 19.1 Å². The Bertz CT molecular complexity index is 778. The van der Waals surface area contributed by atoms with Crippen molar-refractivity contribution in [2.75, 3.05) is 0 Å². The van der Waals surface area contributed by atoms with Crippen LogP contribution in [-0.2, 0) is 0 Å². The van der Waals surface area contributed by atoms with Crippen LogP contribution in [0.3, 0.4) is 0 Å². The van der Waals surface area contributed by atoms with E-state index in [-0.39, 0.29) is 5.57 Å². The molecule has 1 aromatic carbocycles. The number of rotatable bonds is 7. The number of halogens is 1. The standard InChI is InChI=1S/C26H31F/c1-18(2)7-10-20(4)22(6)26(27)17-21(5)23-13-15-25(16-14-23)24-11-8-19(3)9-12-24/h7,10,13-17,19,24H,1,4-6,8-9,11-12H2,2-3H3/b10-7-,26-17+. The summed E-state index contributed by atoms with van der Waals surface area (Å²) in [5, 5.41) is 0. The molecule has 0 spiro atoms. The first-order valence-corrected chi connectivity index (χ1v) is 9.66. The molecule has 1 heteroatoms. The summed E-state index contributed by atoms with van der Waals surface area (Å²) in [6.45, 7) is 19.7. The summed E-state index contributed by atoms with van der Waals surface area (Å²) in [6.07, 6.45) is 10.1. The van der Waals surface area contributed by atoms with E-state index in [1.165, 1.54) is 37.3 Å². The Kier molecular flexibility index (Phi) is 7.36. The summed E-state index contributed by atoms with van der Waals surface area (Å²) < 4.78 is 14.5. The largest absolute Gasteiger partial charge is 0.206 e. The Balaban J connectivity index is 2.04. The highest BCUT2D eigenvalue weighted by Gasteiger charge is 2.19. The van der Waals surface area contributed by atoms with Gasteiger partial charge in [0.15, 0.2) is 0 Å². The Morgan fingerprint density at radius 2 is 1.56 bits per heavy atom. The molecular weight excluding hydrogens is 331 g/mol. The summed E-state index contributed by atoms with van der Waals surface area (Å²) in [6, 6.07) is 8.41. The maximum Gasteiger partial charge on any atom is 0.131 e. The molecule has 0 unspecified atom stereocenters. The fraction of sp³-hybridized carbons (Fsp3) is 0.308. The Morgan fingerprint density at radius 3 is 2.11 bits per heavy atom. The molecule has 0 radical (unpaired) electrons. The summed E-state index contributed by atoms with van der Waals surface area (Å²) in [7, 11) is 0. The minimum absolute atomic E-state index is 0.265. The Morgan fingerprint density at radius 1 is 0.963 bits per heavy atom. The molecule has 0 heterocycles. The van der Waals surface area contributed by atoms with E-state index in [9.17, 15) is 4.39 Å². The first kappa shape index (κ1) is 20.9. The summed E-state index contributed by atoms with van der Waals surface area (Å²) >= 11 is 0. The molecule has 27 heavy (non-hydrogen) atoms. The van der Waals surface area contributed by atoms with Gasteiger partial charge in [-0.25, -0.2) is 4.39 Å². The second kappa shape index (κ2) is 9.50. The lowest BCUT2D eigenvalue weighted by molar-refractivity contribution is 0.348. The summed E-state index contributed by atoms with van der Waals surface area (Å²) in [5.41, 5.74) is 4.61. The Labute approximate surface area is 164 Å². The second-order valence-electron chi connectivity index (χ2n) is 7.78. The molecular formula is C26H31F. The topological polar surface area (TPSA) is 0 Å². The van der Waals surface area contributed by atoms with E-state index >= 15 is 0 Å². The molecule has 0 bridgehead atoms. The van der Waals surface area contributed by atoms with Crippen LogP contribution in [0.4, 0.5) is 4.39 Å². The van der Waals surface area contributed by atoms with Crippen molar-refractivity contribution in [1.82, 2.24) is 0 Å². The molecule has 0 aliphatic heterocycles. The molecule has 0 N–H and O–H groups in total. The minimum Gasteiger partial charge on any atom is -0.206 e. The maximum absolute atomic E-state index is 14.5. The third-order valence-electron chi connectivity index (χ3n) is 5.31. The average Bonchev–Trinajstić information content (AvgIpc) is 2.66. The van der Waals surface area contributed by atoms with Crippen molar-refractivity contribution in [3.8, 4) is 0 Å². The van der Waals surface area contributed by atoms with Crippen molar-refractivity contribution in [3.05, 3.63) is 102 Å². The normalized spacial score (nSPS) is 20.5. The highest BCUT2D eigenvalue weighted by atomic mass is 19.1. The minimum atomic E-state index is -0.415. The zero-order valence-electron chi connectivity index (χ0n) is 16.7. The van der Waals surface area contributed by atoms with Crippen molar-refractivity contribution < 1.29 is 4.39 Å². The highest BCUT2D eigenvalue weighted by Crippen LogP contribution is 2.36. The number of allylic oxidation sites excluding steroid dienone is 8. The van der Waals surface area contributed by atoms with E-state index in [4.69, 9.17) is 0 Å². The molecule has 1 aliphatic rings. The van der Waals surface area contributed by atoms with E-state index in [0.717, 1.165) is 17.1 Å². The van der Waals surface area contributed by atoms with Gasteiger partial charge < -0.3 is 0 Å². The molecule has 2 rings (SSSR count). The molecule has 0 aromatic heterocycles. The van der Waals surface area contributed by atoms with Crippen LogP contribution in [0.15, 0.2) is 91.4 Å². The predicted molar refractivity (Wildman–Crippen MR) is 117 cm³/mol. The van der Waals surface area contributed by atoms with E-state index < -0.39 is 5.83 Å². The SMILES string of the molecule is C=C(C)/C=C\C(=C)C(=C)/C(F)=C\C(=C)c1ccc(C2CCC(C)CC2)cc1. The molecule has 0 amide bonds. The van der Waals surface area contributed by atoms with Gasteiger partial charge in [-0.2, -0.15) is 0 Å². The number of hydrogen-bond acceptors (Lipinski definition) is 0. The van der Waals surface area contributed by atoms with Crippen LogP contribution in [0.2, 0.25) is 0 Å². The molecule has 1 saturated carbocycles. The van der Waals surface area contributed by atoms with Crippen molar-refractivity contribution in [3.63, 3.8) is 0 Å². The van der Waals surface area contributed by atoms with Gasteiger partial charge in [-0.15, -0.1) is 0 Å². The van der Waals surface area contributed by atoms with Crippen LogP contribution in [0, 0.1) is 5.92 Å². The van der Waals surface area contributed by atoms with Gasteiger partial charge in [0.25, 0.3) is 0 Å². The van der Waals surface area contributed by atoms with Crippen molar-refractivity contribution in [1.29, 1.82) is 0 Å². The zero-order chi connectivity index (χ0) is 20.0. The van der Waals surface area contributed by atoms with Gasteiger partial charge in [-0.3, -0.25) is 0 Å². The molecule has 0 saturated heterocycles. The van der Waals surface area contributed by atoms with Crippen molar-refractivity contribution in [2.45, 2.75) is 45.4 Å². The maximum atomic E-state index is 14.5. The summed E-state index contributed by atoms with van der Waals surface area (Å²) in [5.74, 6) is 1.09. The van der Waals surface area contributed by atoms with Crippen molar-refractivity contribution >= 4 is 5.57 Å². The van der Waals surface area contributed by atoms with Gasteiger partial charge in [-0.1, -0.05) is 88.1 Å². The fourth-order valence-electron chi connectivity index (χ4n) is 3.38. The summed E-state index contributed by atoms with van der Waals surface area (Å²) in [4.78, 5) is 0. The molecule has 1 fully saturated rings. The Hall–Kier alpha value is -2.41. The average molecular weight is 363 g/mol. The zero-order valence-corrected chi connectivity index (χ0v) is 16.7. The molecule has 1 aliphatic carbocycles. The van der Waals surface area contributed by atoms with Gasteiger partial charge in [0.05, 0.1) is 0 Å². The van der Waals surface area contributed by atoms with Crippen LogP contribution in [0.5, 0.6) is 0 Å². The molecule has 0 atom stereocenters. The van der Waals surface area contributed by atoms with Gasteiger partial charge in [0, 0.05) is 5.57 Å². The smallest absolute Gasteiger partial charge is 0.131 e. The van der Waals surface area contributed by atoms with E-state index in [0.29, 0.717) is 17.1 Å². The number of benzene rings is 1. The quantitative estimate of drug-likeness (QED) is 0.430. The third-order valence-corrected chi connectivity index (χ3v) is 5.31. The predicted octanol–water partition coefficient (Wildman–Crippen LogP) is 8.09. The van der Waals surface area contributed by atoms with Gasteiger partial charge in [-0.05, 0) is 60.0 Å². The van der Waals surface area contributed by atoms with Crippen LogP contribution in [0.1, 0.15) is 56.6 Å². The van der Waals surface area contributed by atoms with Crippen LogP contribution in [-0.4, -0.2) is 0 Å². The van der Waals surface area contributed by atoms with E-state index in [2.05, 4.69) is 45.4 Å². The highest BCUT2D eigenvalue weighted by molar-refractivity contribution is 5.74.